The van der Waals surface area contributed by atoms with Crippen LogP contribution in [0.5, 0.6) is 0 Å². The molecule has 0 amide bonds. The number of para-hydroxylation sites is 1. The summed E-state index contributed by atoms with van der Waals surface area (Å²) in [6.07, 6.45) is 2.36. The van der Waals surface area contributed by atoms with Gasteiger partial charge in [0.05, 0.1) is 11.0 Å². The van der Waals surface area contributed by atoms with Gasteiger partial charge in [0.1, 0.15) is 0 Å². The third kappa shape index (κ3) is 5.63. The van der Waals surface area contributed by atoms with Crippen LogP contribution in [0.3, 0.4) is 0 Å². The highest BCUT2D eigenvalue weighted by molar-refractivity contribution is 6.10. The number of benzene rings is 7. The highest BCUT2D eigenvalue weighted by Crippen LogP contribution is 2.48. The summed E-state index contributed by atoms with van der Waals surface area (Å²) in [5, 5.41) is 5.04. The van der Waals surface area contributed by atoms with E-state index in [0.29, 0.717) is 17.5 Å². The SMILES string of the molecule is CC1(C)CCC(C)(C)c2cc3c(cc21)c1ccccc1n3-c1cccc(-c2nc(-c3ccccc3)nc(-c3ccc(-c4cccc5ccccc45)cc3)n2)c1. The Morgan fingerprint density at radius 1 is 0.418 bits per heavy atom. The van der Waals surface area contributed by atoms with Crippen molar-refractivity contribution in [2.24, 2.45) is 0 Å². The summed E-state index contributed by atoms with van der Waals surface area (Å²) in [7, 11) is 0. The first-order chi connectivity index (χ1) is 26.7. The van der Waals surface area contributed by atoms with Crippen LogP contribution in [0.2, 0.25) is 0 Å². The van der Waals surface area contributed by atoms with Gasteiger partial charge >= 0.3 is 0 Å². The van der Waals surface area contributed by atoms with Gasteiger partial charge in [-0.1, -0.05) is 155 Å². The highest BCUT2D eigenvalue weighted by Gasteiger charge is 2.38. The first kappa shape index (κ1) is 33.2. The van der Waals surface area contributed by atoms with Gasteiger partial charge in [-0.3, -0.25) is 0 Å². The van der Waals surface area contributed by atoms with Crippen molar-refractivity contribution in [3.8, 4) is 51.0 Å². The minimum absolute atomic E-state index is 0.102. The second kappa shape index (κ2) is 12.6. The van der Waals surface area contributed by atoms with Gasteiger partial charge in [0.15, 0.2) is 17.5 Å². The average Bonchev–Trinajstić information content (AvgIpc) is 3.56. The van der Waals surface area contributed by atoms with E-state index in [1.165, 1.54) is 62.1 Å². The van der Waals surface area contributed by atoms with Crippen LogP contribution in [0, 0.1) is 0 Å². The first-order valence-electron chi connectivity index (χ1n) is 19.3. The number of hydrogen-bond donors (Lipinski definition) is 0. The average molecular weight is 711 g/mol. The molecule has 0 saturated carbocycles. The number of rotatable bonds is 5. The van der Waals surface area contributed by atoms with Crippen LogP contribution in [0.15, 0.2) is 158 Å². The maximum atomic E-state index is 5.16. The van der Waals surface area contributed by atoms with E-state index in [1.807, 2.05) is 18.2 Å². The van der Waals surface area contributed by atoms with Crippen molar-refractivity contribution in [1.82, 2.24) is 19.5 Å². The topological polar surface area (TPSA) is 43.6 Å². The van der Waals surface area contributed by atoms with E-state index in [-0.39, 0.29) is 10.8 Å². The van der Waals surface area contributed by atoms with Gasteiger partial charge < -0.3 is 4.57 Å². The molecule has 10 rings (SSSR count). The molecule has 4 heteroatoms. The summed E-state index contributed by atoms with van der Waals surface area (Å²) in [5.41, 5.74) is 11.9. The van der Waals surface area contributed by atoms with Gasteiger partial charge in [-0.2, -0.15) is 0 Å². The third-order valence-corrected chi connectivity index (χ3v) is 11.9. The van der Waals surface area contributed by atoms with E-state index < -0.39 is 0 Å². The fourth-order valence-electron chi connectivity index (χ4n) is 8.72. The summed E-state index contributed by atoms with van der Waals surface area (Å²) in [5.74, 6) is 1.94. The Morgan fingerprint density at radius 2 is 0.964 bits per heavy atom. The minimum atomic E-state index is 0.102. The molecule has 0 bridgehead atoms. The summed E-state index contributed by atoms with van der Waals surface area (Å²) in [6, 6.07) is 56.3. The molecule has 55 heavy (non-hydrogen) atoms. The molecule has 0 spiro atoms. The van der Waals surface area contributed by atoms with Gasteiger partial charge in [0, 0.05) is 33.2 Å². The van der Waals surface area contributed by atoms with Crippen LogP contribution in [0.25, 0.3) is 83.6 Å². The lowest BCUT2D eigenvalue weighted by atomic mass is 9.63. The van der Waals surface area contributed by atoms with E-state index in [4.69, 9.17) is 15.0 Å². The monoisotopic (exact) mass is 710 g/mol. The minimum Gasteiger partial charge on any atom is -0.309 e. The predicted octanol–water partition coefficient (Wildman–Crippen LogP) is 13.1. The first-order valence-corrected chi connectivity index (χ1v) is 19.3. The van der Waals surface area contributed by atoms with Crippen LogP contribution in [-0.4, -0.2) is 19.5 Å². The molecule has 4 nitrogen and oxygen atoms in total. The molecular formula is C51H42N4. The molecule has 0 N–H and O–H groups in total. The van der Waals surface area contributed by atoms with Crippen molar-refractivity contribution in [1.29, 1.82) is 0 Å². The van der Waals surface area contributed by atoms with Crippen molar-refractivity contribution in [3.63, 3.8) is 0 Å². The molecule has 0 aliphatic heterocycles. The fraction of sp³-hybridized carbons (Fsp3) is 0.157. The van der Waals surface area contributed by atoms with E-state index in [0.717, 1.165) is 27.9 Å². The van der Waals surface area contributed by atoms with E-state index in [2.05, 4.69) is 172 Å². The van der Waals surface area contributed by atoms with Gasteiger partial charge in [-0.15, -0.1) is 0 Å². The summed E-state index contributed by atoms with van der Waals surface area (Å²) >= 11 is 0. The Morgan fingerprint density at radius 3 is 1.71 bits per heavy atom. The largest absolute Gasteiger partial charge is 0.309 e. The van der Waals surface area contributed by atoms with Crippen LogP contribution >= 0.6 is 0 Å². The lowest BCUT2D eigenvalue weighted by Gasteiger charge is -2.42. The summed E-state index contributed by atoms with van der Waals surface area (Å²) < 4.78 is 2.43. The molecule has 0 unspecified atom stereocenters. The lowest BCUT2D eigenvalue weighted by molar-refractivity contribution is 0.332. The Bertz CT molecular complexity index is 2910. The molecule has 1 aliphatic carbocycles. The van der Waals surface area contributed by atoms with Crippen LogP contribution < -0.4 is 0 Å². The Balaban J connectivity index is 1.12. The smallest absolute Gasteiger partial charge is 0.164 e. The molecule has 266 valence electrons. The summed E-state index contributed by atoms with van der Waals surface area (Å²) in [4.78, 5) is 15.3. The maximum Gasteiger partial charge on any atom is 0.164 e. The zero-order chi connectivity index (χ0) is 37.3. The molecule has 0 fully saturated rings. The number of nitrogens with zero attached hydrogens (tertiary/aromatic N) is 4. The van der Waals surface area contributed by atoms with E-state index in [9.17, 15) is 0 Å². The Hall–Kier alpha value is -6.39. The quantitative estimate of drug-likeness (QED) is 0.179. The Labute approximate surface area is 322 Å². The van der Waals surface area contributed by atoms with Crippen molar-refractivity contribution in [2.45, 2.75) is 51.4 Å². The third-order valence-electron chi connectivity index (χ3n) is 11.9. The van der Waals surface area contributed by atoms with Crippen LogP contribution in [0.1, 0.15) is 51.7 Å². The van der Waals surface area contributed by atoms with Crippen molar-refractivity contribution < 1.29 is 0 Å². The molecule has 0 radical (unpaired) electrons. The molecular weight excluding hydrogens is 669 g/mol. The number of fused-ring (bicyclic) bond motifs is 5. The molecule has 7 aromatic carbocycles. The summed E-state index contributed by atoms with van der Waals surface area (Å²) in [6.45, 7) is 9.62. The zero-order valence-electron chi connectivity index (χ0n) is 31.7. The molecule has 0 saturated heterocycles. The predicted molar refractivity (Wildman–Crippen MR) is 229 cm³/mol. The highest BCUT2D eigenvalue weighted by atomic mass is 15.0. The maximum absolute atomic E-state index is 5.16. The standard InChI is InChI=1S/C51H42N4/c1-50(2)28-29-51(3,4)44-32-46-42(31-43(44)50)41-21-10-11-23-45(41)55(46)38-19-12-18-37(30-38)49-53-47(35-15-6-5-7-16-35)52-48(54-49)36-26-24-34(25-27-36)40-22-13-17-33-14-8-9-20-39(33)40/h5-27,30-32H,28-29H2,1-4H3. The van der Waals surface area contributed by atoms with Gasteiger partial charge in [-0.25, -0.2) is 15.0 Å². The molecule has 1 aliphatic rings. The molecule has 2 aromatic heterocycles. The van der Waals surface area contributed by atoms with E-state index >= 15 is 0 Å². The molecule has 2 heterocycles. The second-order valence-corrected chi connectivity index (χ2v) is 16.4. The van der Waals surface area contributed by atoms with Gasteiger partial charge in [0.2, 0.25) is 0 Å². The number of aromatic nitrogens is 4. The number of hydrogen-bond acceptors (Lipinski definition) is 3. The second-order valence-electron chi connectivity index (χ2n) is 16.4. The lowest BCUT2D eigenvalue weighted by Crippen LogP contribution is -2.33. The molecule has 0 atom stereocenters. The molecule has 9 aromatic rings. The van der Waals surface area contributed by atoms with Crippen molar-refractivity contribution >= 4 is 32.6 Å². The zero-order valence-corrected chi connectivity index (χ0v) is 31.7. The van der Waals surface area contributed by atoms with Crippen molar-refractivity contribution in [2.75, 3.05) is 0 Å². The van der Waals surface area contributed by atoms with Crippen LogP contribution in [0.4, 0.5) is 0 Å². The van der Waals surface area contributed by atoms with Crippen molar-refractivity contribution in [3.05, 3.63) is 169 Å². The van der Waals surface area contributed by atoms with Gasteiger partial charge in [0.25, 0.3) is 0 Å². The fourth-order valence-corrected chi connectivity index (χ4v) is 8.72. The van der Waals surface area contributed by atoms with E-state index in [1.54, 1.807) is 0 Å². The normalized spacial score (nSPS) is 14.7. The van der Waals surface area contributed by atoms with Crippen LogP contribution in [-0.2, 0) is 10.8 Å². The Kier molecular flexibility index (Phi) is 7.60. The van der Waals surface area contributed by atoms with Gasteiger partial charge in [-0.05, 0) is 87.0 Å².